The van der Waals surface area contributed by atoms with Gasteiger partial charge in [-0.05, 0) is 58.1 Å². The highest BCUT2D eigenvalue weighted by molar-refractivity contribution is 5.95. The van der Waals surface area contributed by atoms with Gasteiger partial charge in [0.05, 0.1) is 11.5 Å². The molecule has 2 aliphatic rings. The van der Waals surface area contributed by atoms with Crippen molar-refractivity contribution in [1.82, 2.24) is 10.2 Å². The standard InChI is InChI=1S/C22H32N2O4/c1-16-12-17(2)14-19(13-16)21(26)24-9-3-4-18(15-24)20(25)23-8-5-22(27)6-10-28-11-7-22/h12-14,18,27H,3-11,15H2,1-2H3,(H,23,25). The van der Waals surface area contributed by atoms with E-state index in [0.29, 0.717) is 57.7 Å². The highest BCUT2D eigenvalue weighted by atomic mass is 16.5. The third-order valence-corrected chi connectivity index (χ3v) is 5.86. The van der Waals surface area contributed by atoms with Crippen molar-refractivity contribution in [2.24, 2.45) is 5.92 Å². The van der Waals surface area contributed by atoms with Gasteiger partial charge in [0, 0.05) is 38.4 Å². The summed E-state index contributed by atoms with van der Waals surface area (Å²) in [7, 11) is 0. The van der Waals surface area contributed by atoms with Gasteiger partial charge in [-0.25, -0.2) is 0 Å². The van der Waals surface area contributed by atoms with Gasteiger partial charge in [-0.1, -0.05) is 17.2 Å². The lowest BCUT2D eigenvalue weighted by atomic mass is 9.90. The maximum Gasteiger partial charge on any atom is 0.253 e. The van der Waals surface area contributed by atoms with Crippen molar-refractivity contribution in [3.8, 4) is 0 Å². The van der Waals surface area contributed by atoms with E-state index in [1.807, 2.05) is 26.0 Å². The average Bonchev–Trinajstić information content (AvgIpc) is 2.67. The Morgan fingerprint density at radius 3 is 2.57 bits per heavy atom. The summed E-state index contributed by atoms with van der Waals surface area (Å²) >= 11 is 0. The summed E-state index contributed by atoms with van der Waals surface area (Å²) in [6, 6.07) is 5.87. The number of nitrogens with one attached hydrogen (secondary N) is 1. The predicted octanol–water partition coefficient (Wildman–Crippen LogP) is 2.20. The minimum absolute atomic E-state index is 0.000756. The zero-order valence-corrected chi connectivity index (χ0v) is 17.0. The van der Waals surface area contributed by atoms with Gasteiger partial charge < -0.3 is 20.1 Å². The van der Waals surface area contributed by atoms with Crippen LogP contribution in [0.15, 0.2) is 18.2 Å². The molecule has 2 heterocycles. The number of ether oxygens (including phenoxy) is 1. The first-order chi connectivity index (χ1) is 13.4. The topological polar surface area (TPSA) is 78.9 Å². The monoisotopic (exact) mass is 388 g/mol. The molecule has 0 radical (unpaired) electrons. The SMILES string of the molecule is Cc1cc(C)cc(C(=O)N2CCCC(C(=O)NCCC3(O)CCOCC3)C2)c1. The van der Waals surface area contributed by atoms with Gasteiger partial charge in [0.1, 0.15) is 0 Å². The lowest BCUT2D eigenvalue weighted by molar-refractivity contribution is -0.126. The van der Waals surface area contributed by atoms with Crippen molar-refractivity contribution < 1.29 is 19.4 Å². The number of nitrogens with zero attached hydrogens (tertiary/aromatic N) is 1. The van der Waals surface area contributed by atoms with Crippen LogP contribution in [0.25, 0.3) is 0 Å². The number of piperidine rings is 1. The number of carbonyl (C=O) groups excluding carboxylic acids is 2. The second-order valence-electron chi connectivity index (χ2n) is 8.34. The quantitative estimate of drug-likeness (QED) is 0.811. The van der Waals surface area contributed by atoms with Gasteiger partial charge in [-0.3, -0.25) is 9.59 Å². The number of likely N-dealkylation sites (tertiary alicyclic amines) is 1. The fourth-order valence-electron chi connectivity index (χ4n) is 4.22. The van der Waals surface area contributed by atoms with Crippen molar-refractivity contribution in [3.05, 3.63) is 34.9 Å². The zero-order chi connectivity index (χ0) is 20.1. The van der Waals surface area contributed by atoms with Crippen LogP contribution < -0.4 is 5.32 Å². The molecule has 6 heteroatoms. The lowest BCUT2D eigenvalue weighted by Gasteiger charge is -2.34. The molecule has 1 aromatic carbocycles. The third-order valence-electron chi connectivity index (χ3n) is 5.86. The van der Waals surface area contributed by atoms with Crippen LogP contribution in [0.3, 0.4) is 0 Å². The molecule has 0 aliphatic carbocycles. The number of carbonyl (C=O) groups is 2. The summed E-state index contributed by atoms with van der Waals surface area (Å²) in [5.41, 5.74) is 2.10. The summed E-state index contributed by atoms with van der Waals surface area (Å²) in [5, 5.41) is 13.5. The van der Waals surface area contributed by atoms with Gasteiger partial charge in [0.2, 0.25) is 5.91 Å². The molecule has 6 nitrogen and oxygen atoms in total. The van der Waals surface area contributed by atoms with Crippen LogP contribution in [0, 0.1) is 19.8 Å². The van der Waals surface area contributed by atoms with E-state index < -0.39 is 5.60 Å². The molecular formula is C22H32N2O4. The average molecular weight is 389 g/mol. The van der Waals surface area contributed by atoms with Crippen LogP contribution in [0.2, 0.25) is 0 Å². The van der Waals surface area contributed by atoms with Crippen molar-refractivity contribution in [3.63, 3.8) is 0 Å². The van der Waals surface area contributed by atoms with Crippen LogP contribution in [0.5, 0.6) is 0 Å². The van der Waals surface area contributed by atoms with E-state index in [9.17, 15) is 14.7 Å². The van der Waals surface area contributed by atoms with E-state index in [-0.39, 0.29) is 17.7 Å². The van der Waals surface area contributed by atoms with Crippen molar-refractivity contribution in [1.29, 1.82) is 0 Å². The highest BCUT2D eigenvalue weighted by Gasteiger charge is 2.31. The van der Waals surface area contributed by atoms with E-state index in [2.05, 4.69) is 11.4 Å². The van der Waals surface area contributed by atoms with Gasteiger partial charge in [-0.15, -0.1) is 0 Å². The van der Waals surface area contributed by atoms with Crippen molar-refractivity contribution in [2.45, 2.75) is 51.6 Å². The Morgan fingerprint density at radius 2 is 1.89 bits per heavy atom. The summed E-state index contributed by atoms with van der Waals surface area (Å²) < 4.78 is 5.29. The normalized spacial score (nSPS) is 22.0. The lowest BCUT2D eigenvalue weighted by Crippen LogP contribution is -2.46. The summed E-state index contributed by atoms with van der Waals surface area (Å²) in [4.78, 5) is 27.3. The molecule has 154 valence electrons. The van der Waals surface area contributed by atoms with E-state index in [1.165, 1.54) is 0 Å². The molecule has 3 rings (SSSR count). The molecule has 0 spiro atoms. The summed E-state index contributed by atoms with van der Waals surface area (Å²) in [6.45, 7) is 6.72. The Labute approximate surface area is 167 Å². The molecule has 1 aromatic rings. The number of hydrogen-bond acceptors (Lipinski definition) is 4. The second-order valence-corrected chi connectivity index (χ2v) is 8.34. The molecule has 2 saturated heterocycles. The molecule has 28 heavy (non-hydrogen) atoms. The van der Waals surface area contributed by atoms with Crippen LogP contribution >= 0.6 is 0 Å². The van der Waals surface area contributed by atoms with E-state index in [1.54, 1.807) is 4.90 Å². The van der Waals surface area contributed by atoms with E-state index in [4.69, 9.17) is 4.74 Å². The smallest absolute Gasteiger partial charge is 0.253 e. The molecule has 2 N–H and O–H groups in total. The fourth-order valence-corrected chi connectivity index (χ4v) is 4.22. The Kier molecular flexibility index (Phi) is 6.73. The van der Waals surface area contributed by atoms with Crippen LogP contribution in [-0.2, 0) is 9.53 Å². The van der Waals surface area contributed by atoms with Gasteiger partial charge in [-0.2, -0.15) is 0 Å². The van der Waals surface area contributed by atoms with Crippen LogP contribution in [0.4, 0.5) is 0 Å². The molecule has 1 atom stereocenters. The number of hydrogen-bond donors (Lipinski definition) is 2. The molecule has 0 bridgehead atoms. The van der Waals surface area contributed by atoms with Gasteiger partial charge in [0.15, 0.2) is 0 Å². The number of benzene rings is 1. The first-order valence-corrected chi connectivity index (χ1v) is 10.3. The van der Waals surface area contributed by atoms with Crippen molar-refractivity contribution >= 4 is 11.8 Å². The Bertz CT molecular complexity index is 692. The first kappa shape index (κ1) is 20.8. The van der Waals surface area contributed by atoms with Gasteiger partial charge >= 0.3 is 0 Å². The molecule has 2 fully saturated rings. The zero-order valence-electron chi connectivity index (χ0n) is 17.0. The van der Waals surface area contributed by atoms with Crippen LogP contribution in [-0.4, -0.2) is 60.3 Å². The summed E-state index contributed by atoms with van der Waals surface area (Å²) in [5.74, 6) is -0.206. The van der Waals surface area contributed by atoms with Crippen LogP contribution in [0.1, 0.15) is 53.6 Å². The molecule has 2 amide bonds. The highest BCUT2D eigenvalue weighted by Crippen LogP contribution is 2.24. The van der Waals surface area contributed by atoms with Crippen molar-refractivity contribution in [2.75, 3.05) is 32.8 Å². The van der Waals surface area contributed by atoms with E-state index >= 15 is 0 Å². The predicted molar refractivity (Wildman–Crippen MR) is 107 cm³/mol. The maximum atomic E-state index is 12.9. The molecule has 0 saturated carbocycles. The maximum absolute atomic E-state index is 12.9. The number of rotatable bonds is 5. The number of amides is 2. The number of aliphatic hydroxyl groups is 1. The minimum Gasteiger partial charge on any atom is -0.390 e. The molecule has 1 unspecified atom stereocenters. The first-order valence-electron chi connectivity index (χ1n) is 10.3. The summed E-state index contributed by atoms with van der Waals surface area (Å²) in [6.07, 6.45) is 3.39. The second kappa shape index (κ2) is 9.05. The minimum atomic E-state index is -0.733. The fraction of sp³-hybridized carbons (Fsp3) is 0.636. The largest absolute Gasteiger partial charge is 0.390 e. The van der Waals surface area contributed by atoms with Gasteiger partial charge in [0.25, 0.3) is 5.91 Å². The molecular weight excluding hydrogens is 356 g/mol. The number of aryl methyl sites for hydroxylation is 2. The Balaban J connectivity index is 1.52. The third kappa shape index (κ3) is 5.32. The molecule has 2 aliphatic heterocycles. The molecule has 0 aromatic heterocycles. The van der Waals surface area contributed by atoms with E-state index in [0.717, 1.165) is 24.0 Å². The Morgan fingerprint density at radius 1 is 1.21 bits per heavy atom. The Hall–Kier alpha value is -1.92.